The van der Waals surface area contributed by atoms with Crippen molar-refractivity contribution in [2.75, 3.05) is 12.7 Å². The molecule has 1 amide bonds. The molecule has 1 aliphatic heterocycles. The number of hydrogen-bond donors (Lipinski definition) is 1. The summed E-state index contributed by atoms with van der Waals surface area (Å²) in [6, 6.07) is 5.67. The molecule has 0 spiro atoms. The Morgan fingerprint density at radius 1 is 1.33 bits per heavy atom. The number of halogens is 1. The Balaban J connectivity index is 1.83. The van der Waals surface area contributed by atoms with Gasteiger partial charge in [-0.3, -0.25) is 4.79 Å². The largest absolute Gasteiger partial charge is 0.454 e. The normalized spacial score (nSPS) is 12.5. The van der Waals surface area contributed by atoms with Gasteiger partial charge >= 0.3 is 0 Å². The number of amides is 1. The van der Waals surface area contributed by atoms with E-state index in [2.05, 4.69) is 5.32 Å². The van der Waals surface area contributed by atoms with E-state index in [1.807, 2.05) is 18.2 Å². The van der Waals surface area contributed by atoms with Crippen molar-refractivity contribution >= 4 is 17.5 Å². The van der Waals surface area contributed by atoms with E-state index in [1.54, 1.807) is 0 Å². The lowest BCUT2D eigenvalue weighted by Gasteiger charge is -2.07. The van der Waals surface area contributed by atoms with Gasteiger partial charge in [0.15, 0.2) is 11.5 Å². The number of hydrogen-bond acceptors (Lipinski definition) is 3. The summed E-state index contributed by atoms with van der Waals surface area (Å²) in [5.74, 6) is 2.11. The number of nitrogens with one attached hydrogen (secondary N) is 1. The monoisotopic (exact) mass is 269 g/mol. The van der Waals surface area contributed by atoms with Gasteiger partial charge in [-0.25, -0.2) is 0 Å². The zero-order valence-corrected chi connectivity index (χ0v) is 10.8. The minimum atomic E-state index is 0.0386. The first-order chi connectivity index (χ1) is 8.81. The predicted octanol–water partition coefficient (Wildman–Crippen LogP) is 2.44. The maximum absolute atomic E-state index is 11.6. The Morgan fingerprint density at radius 2 is 2.22 bits per heavy atom. The second-order valence-electron chi connectivity index (χ2n) is 4.07. The molecule has 0 fully saturated rings. The van der Waals surface area contributed by atoms with Gasteiger partial charge in [0, 0.05) is 24.4 Å². The van der Waals surface area contributed by atoms with E-state index < -0.39 is 0 Å². The van der Waals surface area contributed by atoms with E-state index in [1.165, 1.54) is 0 Å². The first-order valence-electron chi connectivity index (χ1n) is 6.01. The molecule has 4 nitrogen and oxygen atoms in total. The van der Waals surface area contributed by atoms with Crippen molar-refractivity contribution in [3.05, 3.63) is 23.8 Å². The molecule has 0 atom stereocenters. The molecule has 0 aliphatic carbocycles. The Bertz CT molecular complexity index is 423. The van der Waals surface area contributed by atoms with Crippen molar-refractivity contribution < 1.29 is 14.3 Å². The van der Waals surface area contributed by atoms with Crippen molar-refractivity contribution in [3.63, 3.8) is 0 Å². The van der Waals surface area contributed by atoms with Crippen LogP contribution in [0.15, 0.2) is 18.2 Å². The summed E-state index contributed by atoms with van der Waals surface area (Å²) in [6.45, 7) is 0.711. The lowest BCUT2D eigenvalue weighted by Crippen LogP contribution is -2.22. The van der Waals surface area contributed by atoms with E-state index >= 15 is 0 Å². The third-order valence-electron chi connectivity index (χ3n) is 2.74. The van der Waals surface area contributed by atoms with Crippen LogP contribution in [0, 0.1) is 0 Å². The van der Waals surface area contributed by atoms with Crippen molar-refractivity contribution in [2.24, 2.45) is 0 Å². The topological polar surface area (TPSA) is 47.6 Å². The van der Waals surface area contributed by atoms with Crippen LogP contribution in [0.3, 0.4) is 0 Å². The van der Waals surface area contributed by atoms with Gasteiger partial charge < -0.3 is 14.8 Å². The molecule has 1 aromatic carbocycles. The Morgan fingerprint density at radius 3 is 3.06 bits per heavy atom. The van der Waals surface area contributed by atoms with E-state index in [0.29, 0.717) is 18.8 Å². The number of para-hydroxylation sites is 1. The Hall–Kier alpha value is -1.42. The highest BCUT2D eigenvalue weighted by atomic mass is 35.5. The lowest BCUT2D eigenvalue weighted by atomic mass is 10.2. The summed E-state index contributed by atoms with van der Waals surface area (Å²) in [6.07, 6.45) is 2.20. The average Bonchev–Trinajstić information content (AvgIpc) is 2.85. The van der Waals surface area contributed by atoms with E-state index in [9.17, 15) is 4.79 Å². The predicted molar refractivity (Wildman–Crippen MR) is 69.0 cm³/mol. The van der Waals surface area contributed by atoms with Crippen LogP contribution in [0.2, 0.25) is 0 Å². The molecule has 0 saturated heterocycles. The second kappa shape index (κ2) is 6.50. The summed E-state index contributed by atoms with van der Waals surface area (Å²) in [4.78, 5) is 11.6. The Kier molecular flexibility index (Phi) is 4.70. The second-order valence-corrected chi connectivity index (χ2v) is 4.45. The van der Waals surface area contributed by atoms with Gasteiger partial charge in [0.05, 0.1) is 0 Å². The highest BCUT2D eigenvalue weighted by molar-refractivity contribution is 6.17. The molecule has 5 heteroatoms. The van der Waals surface area contributed by atoms with Gasteiger partial charge in [-0.05, 0) is 18.9 Å². The molecule has 0 saturated carbocycles. The summed E-state index contributed by atoms with van der Waals surface area (Å²) in [5.41, 5.74) is 0.940. The molecule has 1 aromatic rings. The van der Waals surface area contributed by atoms with Crippen molar-refractivity contribution in [1.29, 1.82) is 0 Å². The van der Waals surface area contributed by atoms with Crippen LogP contribution >= 0.6 is 11.6 Å². The SMILES string of the molecule is O=C(CCCCCl)NCc1cccc2c1OCO2. The van der Waals surface area contributed by atoms with Gasteiger partial charge in [0.2, 0.25) is 12.7 Å². The van der Waals surface area contributed by atoms with Crippen molar-refractivity contribution in [2.45, 2.75) is 25.8 Å². The van der Waals surface area contributed by atoms with Crippen LogP contribution < -0.4 is 14.8 Å². The van der Waals surface area contributed by atoms with Gasteiger partial charge in [-0.2, -0.15) is 0 Å². The van der Waals surface area contributed by atoms with Crippen molar-refractivity contribution in [3.8, 4) is 11.5 Å². The zero-order valence-electron chi connectivity index (χ0n) is 10.1. The fourth-order valence-corrected chi connectivity index (χ4v) is 1.98. The number of carbonyl (C=O) groups is 1. The highest BCUT2D eigenvalue weighted by Crippen LogP contribution is 2.35. The lowest BCUT2D eigenvalue weighted by molar-refractivity contribution is -0.121. The number of alkyl halides is 1. The summed E-state index contributed by atoms with van der Waals surface area (Å²) >= 11 is 5.56. The van der Waals surface area contributed by atoms with Gasteiger partial charge in [0.25, 0.3) is 0 Å². The van der Waals surface area contributed by atoms with Crippen molar-refractivity contribution in [1.82, 2.24) is 5.32 Å². The molecule has 0 unspecified atom stereocenters. The number of unbranched alkanes of at least 4 members (excludes halogenated alkanes) is 1. The minimum absolute atomic E-state index is 0.0386. The minimum Gasteiger partial charge on any atom is -0.454 e. The highest BCUT2D eigenvalue weighted by Gasteiger charge is 2.17. The first kappa shape index (κ1) is 13.0. The third kappa shape index (κ3) is 3.29. The van der Waals surface area contributed by atoms with Crippen LogP contribution in [-0.2, 0) is 11.3 Å². The Labute approximate surface area is 111 Å². The maximum atomic E-state index is 11.6. The van der Waals surface area contributed by atoms with Crippen LogP contribution in [-0.4, -0.2) is 18.6 Å². The molecular formula is C13H16ClNO3. The molecule has 1 heterocycles. The zero-order chi connectivity index (χ0) is 12.8. The van der Waals surface area contributed by atoms with E-state index in [0.717, 1.165) is 29.9 Å². The van der Waals surface area contributed by atoms with E-state index in [-0.39, 0.29) is 12.7 Å². The van der Waals surface area contributed by atoms with Gasteiger partial charge in [-0.15, -0.1) is 11.6 Å². The van der Waals surface area contributed by atoms with E-state index in [4.69, 9.17) is 21.1 Å². The van der Waals surface area contributed by atoms with Crippen LogP contribution in [0.1, 0.15) is 24.8 Å². The number of rotatable bonds is 6. The number of carbonyl (C=O) groups excluding carboxylic acids is 1. The molecule has 1 aliphatic rings. The van der Waals surface area contributed by atoms with Gasteiger partial charge in [0.1, 0.15) is 0 Å². The summed E-state index contributed by atoms with van der Waals surface area (Å²) < 4.78 is 10.6. The molecule has 0 bridgehead atoms. The number of benzene rings is 1. The van der Waals surface area contributed by atoms with Gasteiger partial charge in [-0.1, -0.05) is 12.1 Å². The fraction of sp³-hybridized carbons (Fsp3) is 0.462. The van der Waals surface area contributed by atoms with Crippen LogP contribution in [0.5, 0.6) is 11.5 Å². The smallest absolute Gasteiger partial charge is 0.231 e. The third-order valence-corrected chi connectivity index (χ3v) is 3.01. The molecule has 0 radical (unpaired) electrons. The molecule has 0 aromatic heterocycles. The number of fused-ring (bicyclic) bond motifs is 1. The fourth-order valence-electron chi connectivity index (χ4n) is 1.79. The quantitative estimate of drug-likeness (QED) is 0.637. The average molecular weight is 270 g/mol. The molecule has 1 N–H and O–H groups in total. The summed E-state index contributed by atoms with van der Waals surface area (Å²) in [7, 11) is 0. The van der Waals surface area contributed by atoms with Crippen LogP contribution in [0.25, 0.3) is 0 Å². The maximum Gasteiger partial charge on any atom is 0.231 e. The molecule has 2 rings (SSSR count). The standard InChI is InChI=1S/C13H16ClNO3/c14-7-2-1-6-12(16)15-8-10-4-3-5-11-13(10)18-9-17-11/h3-5H,1-2,6-9H2,(H,15,16). The summed E-state index contributed by atoms with van der Waals surface area (Å²) in [5, 5.41) is 2.87. The first-order valence-corrected chi connectivity index (χ1v) is 6.55. The molecule has 18 heavy (non-hydrogen) atoms. The number of ether oxygens (including phenoxy) is 2. The molecule has 98 valence electrons. The molecular weight excluding hydrogens is 254 g/mol. The van der Waals surface area contributed by atoms with Crippen LogP contribution in [0.4, 0.5) is 0 Å².